The van der Waals surface area contributed by atoms with Gasteiger partial charge in [0.1, 0.15) is 0 Å². The molecule has 0 amide bonds. The molecule has 0 aliphatic rings. The SMILES string of the molecule is Nc1cc(-c2cc(Cl)ccc2Cl)cc(C(F)(F)F)c1. The quantitative estimate of drug-likeness (QED) is 0.714. The van der Waals surface area contributed by atoms with Crippen molar-refractivity contribution in [3.05, 3.63) is 52.0 Å². The fraction of sp³-hybridized carbons (Fsp3) is 0.0769. The zero-order valence-electron chi connectivity index (χ0n) is 9.43. The van der Waals surface area contributed by atoms with E-state index in [1.54, 1.807) is 6.07 Å². The molecule has 2 aromatic carbocycles. The normalized spacial score (nSPS) is 11.6. The highest BCUT2D eigenvalue weighted by Crippen LogP contribution is 2.37. The standard InChI is InChI=1S/C13H8Cl2F3N/c14-9-1-2-12(15)11(6-9)7-3-8(13(16,17)18)5-10(19)4-7/h1-6H,19H2. The first-order chi connectivity index (χ1) is 8.77. The van der Waals surface area contributed by atoms with Crippen molar-refractivity contribution in [2.45, 2.75) is 6.18 Å². The average molecular weight is 306 g/mol. The summed E-state index contributed by atoms with van der Waals surface area (Å²) in [5.41, 5.74) is 5.39. The zero-order valence-corrected chi connectivity index (χ0v) is 10.9. The van der Waals surface area contributed by atoms with Crippen LogP contribution in [0, 0.1) is 0 Å². The molecular formula is C13H8Cl2F3N. The Morgan fingerprint density at radius 2 is 1.63 bits per heavy atom. The van der Waals surface area contributed by atoms with E-state index in [1.165, 1.54) is 18.2 Å². The van der Waals surface area contributed by atoms with E-state index in [1.807, 2.05) is 0 Å². The lowest BCUT2D eigenvalue weighted by Crippen LogP contribution is -2.06. The molecule has 0 fully saturated rings. The van der Waals surface area contributed by atoms with Gasteiger partial charge in [-0.1, -0.05) is 23.2 Å². The molecule has 0 saturated carbocycles. The third-order valence-electron chi connectivity index (χ3n) is 2.52. The predicted octanol–water partition coefficient (Wildman–Crippen LogP) is 5.26. The number of halogens is 5. The van der Waals surface area contributed by atoms with Crippen molar-refractivity contribution < 1.29 is 13.2 Å². The van der Waals surface area contributed by atoms with Gasteiger partial charge < -0.3 is 5.73 Å². The molecule has 2 N–H and O–H groups in total. The van der Waals surface area contributed by atoms with Crippen LogP contribution in [0.5, 0.6) is 0 Å². The highest BCUT2D eigenvalue weighted by atomic mass is 35.5. The van der Waals surface area contributed by atoms with Gasteiger partial charge in [-0.15, -0.1) is 0 Å². The maximum absolute atomic E-state index is 12.7. The largest absolute Gasteiger partial charge is 0.416 e. The van der Waals surface area contributed by atoms with Gasteiger partial charge in [0.25, 0.3) is 0 Å². The molecule has 6 heteroatoms. The summed E-state index contributed by atoms with van der Waals surface area (Å²) in [6.07, 6.45) is -4.46. The number of hydrogen-bond acceptors (Lipinski definition) is 1. The minimum Gasteiger partial charge on any atom is -0.399 e. The fourth-order valence-corrected chi connectivity index (χ4v) is 2.09. The van der Waals surface area contributed by atoms with E-state index >= 15 is 0 Å². The number of alkyl halides is 3. The summed E-state index contributed by atoms with van der Waals surface area (Å²) in [6, 6.07) is 7.88. The minimum atomic E-state index is -4.46. The van der Waals surface area contributed by atoms with Gasteiger partial charge in [0.05, 0.1) is 5.56 Å². The van der Waals surface area contributed by atoms with Crippen LogP contribution < -0.4 is 5.73 Å². The average Bonchev–Trinajstić information content (AvgIpc) is 2.30. The Morgan fingerprint density at radius 1 is 0.947 bits per heavy atom. The van der Waals surface area contributed by atoms with Crippen LogP contribution in [0.15, 0.2) is 36.4 Å². The molecule has 0 aromatic heterocycles. The summed E-state index contributed by atoms with van der Waals surface area (Å²) in [5.74, 6) is 0. The van der Waals surface area contributed by atoms with E-state index in [4.69, 9.17) is 28.9 Å². The molecule has 19 heavy (non-hydrogen) atoms. The number of nitrogen functional groups attached to an aromatic ring is 1. The monoisotopic (exact) mass is 305 g/mol. The zero-order chi connectivity index (χ0) is 14.2. The molecule has 0 radical (unpaired) electrons. The number of nitrogens with two attached hydrogens (primary N) is 1. The molecule has 0 unspecified atom stereocenters. The van der Waals surface area contributed by atoms with Crippen molar-refractivity contribution in [3.63, 3.8) is 0 Å². The van der Waals surface area contributed by atoms with Crippen LogP contribution in [0.1, 0.15) is 5.56 Å². The molecule has 1 nitrogen and oxygen atoms in total. The molecule has 0 aliphatic carbocycles. The van der Waals surface area contributed by atoms with Crippen molar-refractivity contribution in [1.29, 1.82) is 0 Å². The third-order valence-corrected chi connectivity index (χ3v) is 3.09. The third kappa shape index (κ3) is 3.14. The first kappa shape index (κ1) is 14.0. The Bertz CT molecular complexity index is 624. The summed E-state index contributed by atoms with van der Waals surface area (Å²) < 4.78 is 38.2. The highest BCUT2D eigenvalue weighted by Gasteiger charge is 2.31. The van der Waals surface area contributed by atoms with Crippen LogP contribution in [0.2, 0.25) is 10.0 Å². The van der Waals surface area contributed by atoms with Crippen molar-refractivity contribution in [1.82, 2.24) is 0 Å². The summed E-state index contributed by atoms with van der Waals surface area (Å²) in [5, 5.41) is 0.693. The van der Waals surface area contributed by atoms with Gasteiger partial charge in [-0.05, 0) is 42.0 Å². The van der Waals surface area contributed by atoms with E-state index in [0.29, 0.717) is 15.6 Å². The maximum Gasteiger partial charge on any atom is 0.416 e. The van der Waals surface area contributed by atoms with Crippen LogP contribution >= 0.6 is 23.2 Å². The van der Waals surface area contributed by atoms with Crippen LogP contribution in [0.3, 0.4) is 0 Å². The Labute approximate surface area is 117 Å². The van der Waals surface area contributed by atoms with Gasteiger partial charge >= 0.3 is 6.18 Å². The molecule has 0 heterocycles. The molecule has 0 atom stereocenters. The van der Waals surface area contributed by atoms with Crippen molar-refractivity contribution in [2.24, 2.45) is 0 Å². The Kier molecular flexibility index (Phi) is 3.65. The maximum atomic E-state index is 12.7. The van der Waals surface area contributed by atoms with Gasteiger partial charge in [0, 0.05) is 21.3 Å². The van der Waals surface area contributed by atoms with E-state index < -0.39 is 11.7 Å². The van der Waals surface area contributed by atoms with E-state index in [9.17, 15) is 13.2 Å². The lowest BCUT2D eigenvalue weighted by Gasteiger charge is -2.12. The summed E-state index contributed by atoms with van der Waals surface area (Å²) >= 11 is 11.8. The molecule has 0 spiro atoms. The van der Waals surface area contributed by atoms with Gasteiger partial charge in [-0.3, -0.25) is 0 Å². The van der Waals surface area contributed by atoms with Crippen LogP contribution in [-0.4, -0.2) is 0 Å². The number of rotatable bonds is 1. The summed E-state index contributed by atoms with van der Waals surface area (Å²) in [6.45, 7) is 0. The van der Waals surface area contributed by atoms with Crippen molar-refractivity contribution in [3.8, 4) is 11.1 Å². The highest BCUT2D eigenvalue weighted by molar-refractivity contribution is 6.35. The first-order valence-corrected chi connectivity index (χ1v) is 5.96. The van der Waals surface area contributed by atoms with E-state index in [-0.39, 0.29) is 11.3 Å². The second-order valence-electron chi connectivity index (χ2n) is 3.97. The number of anilines is 1. The molecule has 2 rings (SSSR count). The van der Waals surface area contributed by atoms with Crippen LogP contribution in [0.25, 0.3) is 11.1 Å². The topological polar surface area (TPSA) is 26.0 Å². The lowest BCUT2D eigenvalue weighted by atomic mass is 10.0. The second-order valence-corrected chi connectivity index (χ2v) is 4.81. The van der Waals surface area contributed by atoms with Gasteiger partial charge in [0.2, 0.25) is 0 Å². The summed E-state index contributed by atoms with van der Waals surface area (Å²) in [4.78, 5) is 0. The summed E-state index contributed by atoms with van der Waals surface area (Å²) in [7, 11) is 0. The first-order valence-electron chi connectivity index (χ1n) is 5.20. The molecule has 0 bridgehead atoms. The smallest absolute Gasteiger partial charge is 0.399 e. The Hall–Kier alpha value is -1.39. The lowest BCUT2D eigenvalue weighted by molar-refractivity contribution is -0.137. The van der Waals surface area contributed by atoms with Crippen LogP contribution in [-0.2, 0) is 6.18 Å². The van der Waals surface area contributed by atoms with E-state index in [0.717, 1.165) is 12.1 Å². The van der Waals surface area contributed by atoms with Crippen molar-refractivity contribution in [2.75, 3.05) is 5.73 Å². The molecule has 2 aromatic rings. The fourth-order valence-electron chi connectivity index (χ4n) is 1.69. The predicted molar refractivity (Wildman–Crippen MR) is 71.3 cm³/mol. The van der Waals surface area contributed by atoms with E-state index in [2.05, 4.69) is 0 Å². The van der Waals surface area contributed by atoms with Crippen LogP contribution in [0.4, 0.5) is 18.9 Å². The minimum absolute atomic E-state index is 0.0147. The van der Waals surface area contributed by atoms with Crippen molar-refractivity contribution >= 4 is 28.9 Å². The molecular weight excluding hydrogens is 298 g/mol. The Balaban J connectivity index is 2.63. The van der Waals surface area contributed by atoms with Gasteiger partial charge in [0.15, 0.2) is 0 Å². The molecule has 0 saturated heterocycles. The molecule has 100 valence electrons. The van der Waals surface area contributed by atoms with Gasteiger partial charge in [-0.25, -0.2) is 0 Å². The second kappa shape index (κ2) is 4.94. The number of benzene rings is 2. The van der Waals surface area contributed by atoms with Gasteiger partial charge in [-0.2, -0.15) is 13.2 Å². The molecule has 0 aliphatic heterocycles. The Morgan fingerprint density at radius 3 is 2.26 bits per heavy atom. The number of hydrogen-bond donors (Lipinski definition) is 1.